The number of aliphatic hydroxyl groups is 1. The molecule has 0 aliphatic rings. The Morgan fingerprint density at radius 1 is 1.03 bits per heavy atom. The summed E-state index contributed by atoms with van der Waals surface area (Å²) >= 11 is 0. The van der Waals surface area contributed by atoms with Gasteiger partial charge in [0.2, 0.25) is 5.91 Å². The van der Waals surface area contributed by atoms with E-state index in [1.807, 2.05) is 38.1 Å². The minimum atomic E-state index is -1.02. The monoisotopic (exact) mass is 459 g/mol. The highest BCUT2D eigenvalue weighted by Crippen LogP contribution is 2.29. The molecule has 0 fully saturated rings. The number of rotatable bonds is 10. The van der Waals surface area contributed by atoms with Crippen molar-refractivity contribution < 1.29 is 28.9 Å². The molecule has 0 aromatic heterocycles. The van der Waals surface area contributed by atoms with Crippen LogP contribution < -0.4 is 19.5 Å². The second kappa shape index (κ2) is 12.1. The number of nitrogens with one attached hydrogen (secondary N) is 1. The maximum Gasteiger partial charge on any atom is 0.415 e. The van der Waals surface area contributed by atoms with Gasteiger partial charge in [0.05, 0.1) is 20.3 Å². The van der Waals surface area contributed by atoms with Gasteiger partial charge in [-0.05, 0) is 56.9 Å². The Morgan fingerprint density at radius 3 is 2.39 bits per heavy atom. The SMILES string of the molecule is COc1ccc(OC)c(C(O)CNC(=O)CN(C)C(=O)Oc2cccc([C@H](C)N(C)C)c2)c1. The average molecular weight is 460 g/mol. The molecule has 0 spiro atoms. The molecule has 1 unspecified atom stereocenters. The maximum atomic E-state index is 12.4. The summed E-state index contributed by atoms with van der Waals surface area (Å²) in [5, 5.41) is 13.1. The van der Waals surface area contributed by atoms with Crippen molar-refractivity contribution in [3.63, 3.8) is 0 Å². The number of aliphatic hydroxyl groups excluding tert-OH is 1. The number of nitrogens with zero attached hydrogens (tertiary/aromatic N) is 2. The predicted octanol–water partition coefficient (Wildman–Crippen LogP) is 2.61. The third-order valence-corrected chi connectivity index (χ3v) is 5.30. The van der Waals surface area contributed by atoms with Gasteiger partial charge in [-0.15, -0.1) is 0 Å². The molecular formula is C24H33N3O6. The number of amides is 2. The van der Waals surface area contributed by atoms with Crippen molar-refractivity contribution >= 4 is 12.0 Å². The molecule has 9 nitrogen and oxygen atoms in total. The lowest BCUT2D eigenvalue weighted by molar-refractivity contribution is -0.122. The van der Waals surface area contributed by atoms with Crippen LogP contribution in [0.25, 0.3) is 0 Å². The number of carbonyl (C=O) groups is 2. The number of benzene rings is 2. The van der Waals surface area contributed by atoms with Gasteiger partial charge in [-0.3, -0.25) is 4.79 Å². The molecule has 9 heteroatoms. The number of hydrogen-bond acceptors (Lipinski definition) is 7. The van der Waals surface area contributed by atoms with Crippen molar-refractivity contribution in [3.05, 3.63) is 53.6 Å². The standard InChI is InChI=1S/C24H33N3O6/c1-16(26(2)3)17-8-7-9-19(12-17)33-24(30)27(4)15-23(29)25-14-21(28)20-13-18(31-5)10-11-22(20)32-6/h7-13,16,21,28H,14-15H2,1-6H3,(H,25,29)/t16-,21?/m0/s1. The van der Waals surface area contributed by atoms with Gasteiger partial charge in [0.25, 0.3) is 0 Å². The Bertz CT molecular complexity index is 950. The van der Waals surface area contributed by atoms with Crippen molar-refractivity contribution in [1.29, 1.82) is 0 Å². The van der Waals surface area contributed by atoms with Crippen molar-refractivity contribution in [1.82, 2.24) is 15.1 Å². The van der Waals surface area contributed by atoms with Gasteiger partial charge in [-0.25, -0.2) is 4.79 Å². The minimum Gasteiger partial charge on any atom is -0.497 e. The Morgan fingerprint density at radius 2 is 1.76 bits per heavy atom. The number of hydrogen-bond donors (Lipinski definition) is 2. The summed E-state index contributed by atoms with van der Waals surface area (Å²) in [6.45, 7) is 1.76. The van der Waals surface area contributed by atoms with Crippen LogP contribution in [0.15, 0.2) is 42.5 Å². The Kier molecular flexibility index (Phi) is 9.50. The summed E-state index contributed by atoms with van der Waals surface area (Å²) in [5.74, 6) is 0.996. The van der Waals surface area contributed by atoms with E-state index in [1.165, 1.54) is 21.3 Å². The molecule has 33 heavy (non-hydrogen) atoms. The summed E-state index contributed by atoms with van der Waals surface area (Å²) < 4.78 is 15.8. The highest BCUT2D eigenvalue weighted by Gasteiger charge is 2.19. The second-order valence-corrected chi connectivity index (χ2v) is 7.86. The molecule has 2 N–H and O–H groups in total. The Balaban J connectivity index is 1.90. The molecule has 2 aromatic rings. The summed E-state index contributed by atoms with van der Waals surface area (Å²) in [4.78, 5) is 27.9. The van der Waals surface area contributed by atoms with Crippen molar-refractivity contribution in [2.24, 2.45) is 0 Å². The topological polar surface area (TPSA) is 101 Å². The highest BCUT2D eigenvalue weighted by molar-refractivity contribution is 5.82. The molecule has 0 bridgehead atoms. The zero-order valence-corrected chi connectivity index (χ0v) is 20.0. The predicted molar refractivity (Wildman–Crippen MR) is 125 cm³/mol. The van der Waals surface area contributed by atoms with Crippen LogP contribution in [0, 0.1) is 0 Å². The van der Waals surface area contributed by atoms with E-state index in [0.717, 1.165) is 10.5 Å². The minimum absolute atomic E-state index is 0.0598. The van der Waals surface area contributed by atoms with Gasteiger partial charge in [0.15, 0.2) is 0 Å². The number of ether oxygens (including phenoxy) is 3. The Labute approximate surface area is 194 Å². The maximum absolute atomic E-state index is 12.4. The molecule has 0 heterocycles. The fourth-order valence-electron chi connectivity index (χ4n) is 3.07. The van der Waals surface area contributed by atoms with Crippen LogP contribution in [0.1, 0.15) is 30.2 Å². The van der Waals surface area contributed by atoms with Crippen LogP contribution in [0.5, 0.6) is 17.2 Å². The first kappa shape index (κ1) is 26.0. The zero-order valence-electron chi connectivity index (χ0n) is 20.0. The fraction of sp³-hybridized carbons (Fsp3) is 0.417. The molecule has 2 aromatic carbocycles. The van der Waals surface area contributed by atoms with Gasteiger partial charge in [0, 0.05) is 25.2 Å². The molecule has 0 saturated heterocycles. The first-order valence-corrected chi connectivity index (χ1v) is 10.5. The van der Waals surface area contributed by atoms with Crippen LogP contribution in [-0.2, 0) is 4.79 Å². The van der Waals surface area contributed by atoms with E-state index in [1.54, 1.807) is 30.3 Å². The van der Waals surface area contributed by atoms with Crippen LogP contribution in [0.2, 0.25) is 0 Å². The van der Waals surface area contributed by atoms with Gasteiger partial charge in [0.1, 0.15) is 23.8 Å². The summed E-state index contributed by atoms with van der Waals surface area (Å²) in [6.07, 6.45) is -1.67. The third-order valence-electron chi connectivity index (χ3n) is 5.30. The smallest absolute Gasteiger partial charge is 0.415 e. The lowest BCUT2D eigenvalue weighted by atomic mass is 10.1. The molecule has 0 radical (unpaired) electrons. The van der Waals surface area contributed by atoms with Crippen molar-refractivity contribution in [2.75, 3.05) is 48.5 Å². The van der Waals surface area contributed by atoms with Crippen molar-refractivity contribution in [3.8, 4) is 17.2 Å². The zero-order chi connectivity index (χ0) is 24.5. The van der Waals surface area contributed by atoms with Gasteiger partial charge >= 0.3 is 6.09 Å². The molecule has 2 rings (SSSR count). The normalized spacial score (nSPS) is 12.6. The highest BCUT2D eigenvalue weighted by atomic mass is 16.6. The third kappa shape index (κ3) is 7.37. The first-order valence-electron chi connectivity index (χ1n) is 10.5. The van der Waals surface area contributed by atoms with E-state index >= 15 is 0 Å². The number of carbonyl (C=O) groups excluding carboxylic acids is 2. The van der Waals surface area contributed by atoms with E-state index in [4.69, 9.17) is 14.2 Å². The quantitative estimate of drug-likeness (QED) is 0.563. The summed E-state index contributed by atoms with van der Waals surface area (Å²) in [6, 6.07) is 12.5. The molecule has 2 amide bonds. The molecule has 0 saturated carbocycles. The second-order valence-electron chi connectivity index (χ2n) is 7.86. The number of methoxy groups -OCH3 is 2. The van der Waals surface area contributed by atoms with E-state index in [-0.39, 0.29) is 19.1 Å². The van der Waals surface area contributed by atoms with Gasteiger partial charge in [-0.1, -0.05) is 12.1 Å². The molecule has 180 valence electrons. The first-order chi connectivity index (χ1) is 15.7. The Hall–Kier alpha value is -3.30. The lowest BCUT2D eigenvalue weighted by Crippen LogP contribution is -2.40. The number of likely N-dealkylation sites (N-methyl/N-ethyl adjacent to an activating group) is 1. The van der Waals surface area contributed by atoms with Gasteiger partial charge < -0.3 is 34.4 Å². The van der Waals surface area contributed by atoms with Crippen LogP contribution in [0.4, 0.5) is 4.79 Å². The van der Waals surface area contributed by atoms with Crippen LogP contribution >= 0.6 is 0 Å². The van der Waals surface area contributed by atoms with Crippen LogP contribution in [0.3, 0.4) is 0 Å². The van der Waals surface area contributed by atoms with E-state index in [9.17, 15) is 14.7 Å². The molecule has 0 aliphatic heterocycles. The van der Waals surface area contributed by atoms with E-state index < -0.39 is 18.1 Å². The van der Waals surface area contributed by atoms with E-state index in [0.29, 0.717) is 22.8 Å². The molecule has 0 aliphatic carbocycles. The van der Waals surface area contributed by atoms with Crippen molar-refractivity contribution in [2.45, 2.75) is 19.1 Å². The largest absolute Gasteiger partial charge is 0.497 e. The summed E-state index contributed by atoms with van der Waals surface area (Å²) in [7, 11) is 8.42. The van der Waals surface area contributed by atoms with Gasteiger partial charge in [-0.2, -0.15) is 0 Å². The molecular weight excluding hydrogens is 426 g/mol. The average Bonchev–Trinajstić information content (AvgIpc) is 2.81. The van der Waals surface area contributed by atoms with E-state index in [2.05, 4.69) is 5.32 Å². The van der Waals surface area contributed by atoms with Crippen LogP contribution in [-0.4, -0.2) is 75.4 Å². The lowest BCUT2D eigenvalue weighted by Gasteiger charge is -2.21. The fourth-order valence-corrected chi connectivity index (χ4v) is 3.07. The summed E-state index contributed by atoms with van der Waals surface area (Å²) in [5.41, 5.74) is 1.49. The molecule has 2 atom stereocenters.